The molecule has 0 bridgehead atoms. The second kappa shape index (κ2) is 12.0. The summed E-state index contributed by atoms with van der Waals surface area (Å²) < 4.78 is 6.33. The van der Waals surface area contributed by atoms with Gasteiger partial charge in [0.1, 0.15) is 11.2 Å². The number of fused-ring (bicyclic) bond motifs is 5. The van der Waals surface area contributed by atoms with Crippen molar-refractivity contribution in [1.82, 2.24) is 0 Å². The number of hydrogen-bond donors (Lipinski definition) is 0. The predicted molar refractivity (Wildman–Crippen MR) is 216 cm³/mol. The summed E-state index contributed by atoms with van der Waals surface area (Å²) >= 11 is 0. The average molecular weight is 649 g/mol. The Morgan fingerprint density at radius 2 is 0.745 bits per heavy atom. The van der Waals surface area contributed by atoms with Gasteiger partial charge in [0.25, 0.3) is 0 Å². The molecule has 51 heavy (non-hydrogen) atoms. The zero-order valence-corrected chi connectivity index (χ0v) is 27.9. The largest absolute Gasteiger partial charge is 0.456 e. The maximum Gasteiger partial charge on any atom is 0.136 e. The van der Waals surface area contributed by atoms with Crippen LogP contribution in [0, 0.1) is 0 Å². The Labute approximate surface area is 296 Å². The van der Waals surface area contributed by atoms with Crippen molar-refractivity contribution in [3.8, 4) is 55.6 Å². The number of furan rings is 1. The van der Waals surface area contributed by atoms with Gasteiger partial charge in [0.05, 0.1) is 0 Å². The Balaban J connectivity index is 1.27. The highest BCUT2D eigenvalue weighted by atomic mass is 16.3. The second-order valence-electron chi connectivity index (χ2n) is 13.2. The molecule has 0 amide bonds. The van der Waals surface area contributed by atoms with Crippen LogP contribution in [-0.4, -0.2) is 0 Å². The fourth-order valence-electron chi connectivity index (χ4n) is 7.93. The van der Waals surface area contributed by atoms with Crippen LogP contribution in [0.25, 0.3) is 99.1 Å². The van der Waals surface area contributed by atoms with E-state index in [1.165, 1.54) is 77.2 Å². The maximum absolute atomic E-state index is 6.33. The normalized spacial score (nSPS) is 11.5. The first kappa shape index (κ1) is 29.2. The van der Waals surface area contributed by atoms with Gasteiger partial charge in [-0.25, -0.2) is 0 Å². The summed E-state index contributed by atoms with van der Waals surface area (Å²) in [6.07, 6.45) is 0. The molecule has 10 rings (SSSR count). The molecule has 0 radical (unpaired) electrons. The molecule has 1 nitrogen and oxygen atoms in total. The predicted octanol–water partition coefficient (Wildman–Crippen LogP) is 14.2. The number of para-hydroxylation sites is 1. The Morgan fingerprint density at radius 1 is 0.255 bits per heavy atom. The first-order valence-electron chi connectivity index (χ1n) is 17.5. The van der Waals surface area contributed by atoms with Crippen molar-refractivity contribution in [2.45, 2.75) is 0 Å². The summed E-state index contributed by atoms with van der Waals surface area (Å²) in [5.74, 6) is 0. The van der Waals surface area contributed by atoms with Crippen molar-refractivity contribution in [3.05, 3.63) is 194 Å². The molecule has 9 aromatic carbocycles. The van der Waals surface area contributed by atoms with Crippen molar-refractivity contribution in [2.24, 2.45) is 0 Å². The van der Waals surface area contributed by atoms with Crippen molar-refractivity contribution in [1.29, 1.82) is 0 Å². The van der Waals surface area contributed by atoms with E-state index in [1.54, 1.807) is 0 Å². The lowest BCUT2D eigenvalue weighted by atomic mass is 9.84. The molecule has 238 valence electrons. The molecule has 0 atom stereocenters. The minimum absolute atomic E-state index is 0.905. The van der Waals surface area contributed by atoms with Crippen molar-refractivity contribution in [3.63, 3.8) is 0 Å². The van der Waals surface area contributed by atoms with E-state index >= 15 is 0 Å². The Bertz CT molecular complexity index is 2880. The van der Waals surface area contributed by atoms with E-state index in [4.69, 9.17) is 4.42 Å². The quantitative estimate of drug-likeness (QED) is 0.169. The van der Waals surface area contributed by atoms with Crippen LogP contribution in [0.4, 0.5) is 0 Å². The Morgan fingerprint density at radius 3 is 1.49 bits per heavy atom. The van der Waals surface area contributed by atoms with Crippen LogP contribution in [0.1, 0.15) is 0 Å². The second-order valence-corrected chi connectivity index (χ2v) is 13.2. The van der Waals surface area contributed by atoms with Crippen LogP contribution in [0.5, 0.6) is 0 Å². The number of benzene rings is 9. The van der Waals surface area contributed by atoms with Crippen molar-refractivity contribution < 1.29 is 4.42 Å². The van der Waals surface area contributed by atoms with Crippen molar-refractivity contribution >= 4 is 43.5 Å². The SMILES string of the molecule is c1ccc(-c2ccc(-c3c4ccccc4c(-c4cccc(-c5ccccc5)c4)c4ccc(-c5cccc6oc7ccccc7c56)cc34)cc2)cc1. The van der Waals surface area contributed by atoms with E-state index in [2.05, 4.69) is 188 Å². The maximum atomic E-state index is 6.33. The van der Waals surface area contributed by atoms with Gasteiger partial charge in [-0.15, -0.1) is 0 Å². The molecule has 0 N–H and O–H groups in total. The van der Waals surface area contributed by atoms with Gasteiger partial charge in [-0.1, -0.05) is 170 Å². The van der Waals surface area contributed by atoms with Crippen LogP contribution >= 0.6 is 0 Å². The van der Waals surface area contributed by atoms with Crippen LogP contribution < -0.4 is 0 Å². The van der Waals surface area contributed by atoms with E-state index in [1.807, 2.05) is 6.07 Å². The lowest BCUT2D eigenvalue weighted by molar-refractivity contribution is 0.669. The molecule has 0 aliphatic rings. The van der Waals surface area contributed by atoms with Gasteiger partial charge in [-0.3, -0.25) is 0 Å². The molecule has 0 fully saturated rings. The molecule has 1 heterocycles. The van der Waals surface area contributed by atoms with Gasteiger partial charge in [-0.2, -0.15) is 0 Å². The highest BCUT2D eigenvalue weighted by Crippen LogP contribution is 2.46. The molecule has 1 heteroatoms. The third kappa shape index (κ3) is 4.94. The van der Waals surface area contributed by atoms with Gasteiger partial charge >= 0.3 is 0 Å². The zero-order valence-electron chi connectivity index (χ0n) is 27.9. The third-order valence-electron chi connectivity index (χ3n) is 10.3. The highest BCUT2D eigenvalue weighted by Gasteiger charge is 2.19. The standard InChI is InChI=1S/C50H32O/c1-3-13-33(14-4-1)35-25-27-36(28-26-35)48-41-19-7-8-20-42(41)49(39-18-11-17-37(31-39)34-15-5-2-6-16-34)43-30-29-38(32-45(43)48)40-22-12-24-47-50(40)44-21-9-10-23-46(44)51-47/h1-32H. The van der Waals surface area contributed by atoms with E-state index in [0.717, 1.165) is 21.9 Å². The summed E-state index contributed by atoms with van der Waals surface area (Å²) in [7, 11) is 0. The third-order valence-corrected chi connectivity index (χ3v) is 10.3. The van der Waals surface area contributed by atoms with Crippen LogP contribution in [0.2, 0.25) is 0 Å². The summed E-state index contributed by atoms with van der Waals surface area (Å²) in [5.41, 5.74) is 13.9. The first-order valence-corrected chi connectivity index (χ1v) is 17.5. The number of hydrogen-bond acceptors (Lipinski definition) is 1. The van der Waals surface area contributed by atoms with Crippen molar-refractivity contribution in [2.75, 3.05) is 0 Å². The minimum atomic E-state index is 0.905. The fraction of sp³-hybridized carbons (Fsp3) is 0. The molecule has 10 aromatic rings. The average Bonchev–Trinajstić information content (AvgIpc) is 3.60. The summed E-state index contributed by atoms with van der Waals surface area (Å²) in [4.78, 5) is 0. The van der Waals surface area contributed by atoms with E-state index in [0.29, 0.717) is 0 Å². The summed E-state index contributed by atoms with van der Waals surface area (Å²) in [6, 6.07) is 70.0. The van der Waals surface area contributed by atoms with Gasteiger partial charge in [0, 0.05) is 10.8 Å². The van der Waals surface area contributed by atoms with E-state index < -0.39 is 0 Å². The van der Waals surface area contributed by atoms with Crippen LogP contribution in [0.3, 0.4) is 0 Å². The lowest BCUT2D eigenvalue weighted by Crippen LogP contribution is -1.92. The number of rotatable bonds is 5. The molecular weight excluding hydrogens is 617 g/mol. The highest BCUT2D eigenvalue weighted by molar-refractivity contribution is 6.22. The smallest absolute Gasteiger partial charge is 0.136 e. The molecule has 0 aliphatic carbocycles. The monoisotopic (exact) mass is 648 g/mol. The topological polar surface area (TPSA) is 13.1 Å². The zero-order chi connectivity index (χ0) is 33.7. The summed E-state index contributed by atoms with van der Waals surface area (Å²) in [5, 5.41) is 7.22. The fourth-order valence-corrected chi connectivity index (χ4v) is 7.93. The molecule has 0 aliphatic heterocycles. The Kier molecular flexibility index (Phi) is 6.89. The van der Waals surface area contributed by atoms with Gasteiger partial charge in [0.15, 0.2) is 0 Å². The summed E-state index contributed by atoms with van der Waals surface area (Å²) in [6.45, 7) is 0. The van der Waals surface area contributed by atoms with Gasteiger partial charge < -0.3 is 4.42 Å². The van der Waals surface area contributed by atoms with Gasteiger partial charge in [-0.05, 0) is 101 Å². The Hall–Kier alpha value is -6.70. The first-order chi connectivity index (χ1) is 25.3. The minimum Gasteiger partial charge on any atom is -0.456 e. The molecule has 0 saturated carbocycles. The van der Waals surface area contributed by atoms with Crippen LogP contribution in [-0.2, 0) is 0 Å². The van der Waals surface area contributed by atoms with E-state index in [9.17, 15) is 0 Å². The lowest BCUT2D eigenvalue weighted by Gasteiger charge is -2.19. The van der Waals surface area contributed by atoms with E-state index in [-0.39, 0.29) is 0 Å². The molecule has 0 spiro atoms. The molecule has 1 aromatic heterocycles. The van der Waals surface area contributed by atoms with Crippen LogP contribution in [0.15, 0.2) is 199 Å². The molecular formula is C50H32O. The van der Waals surface area contributed by atoms with Gasteiger partial charge in [0.2, 0.25) is 0 Å². The molecule has 0 unspecified atom stereocenters. The molecule has 0 saturated heterocycles.